The molecule has 0 aliphatic rings. The molecule has 1 aromatic carbocycles. The van der Waals surface area contributed by atoms with Crippen LogP contribution >= 0.6 is 15.9 Å². The number of aromatic nitrogens is 2. The standard InChI is InChI=1S/C10H8BrN5/c1-16-10(9(11)6-13-16)7-3-2-4-8(5-7)14-15-12/h2-6H,1H3. The summed E-state index contributed by atoms with van der Waals surface area (Å²) in [5.74, 6) is 0. The van der Waals surface area contributed by atoms with E-state index in [0.717, 1.165) is 15.7 Å². The molecule has 16 heavy (non-hydrogen) atoms. The Morgan fingerprint density at radius 2 is 2.31 bits per heavy atom. The Hall–Kier alpha value is -1.78. The van der Waals surface area contributed by atoms with Gasteiger partial charge in [-0.2, -0.15) is 5.10 Å². The van der Waals surface area contributed by atoms with Gasteiger partial charge in [0.25, 0.3) is 0 Å². The van der Waals surface area contributed by atoms with Crippen LogP contribution in [0, 0.1) is 0 Å². The lowest BCUT2D eigenvalue weighted by Gasteiger charge is -2.03. The quantitative estimate of drug-likeness (QED) is 0.468. The van der Waals surface area contributed by atoms with Gasteiger partial charge in [-0.25, -0.2) is 0 Å². The van der Waals surface area contributed by atoms with Crippen molar-refractivity contribution in [2.75, 3.05) is 0 Å². The van der Waals surface area contributed by atoms with Crippen LogP contribution in [0.5, 0.6) is 0 Å². The molecule has 0 saturated carbocycles. The van der Waals surface area contributed by atoms with E-state index >= 15 is 0 Å². The first-order chi connectivity index (χ1) is 7.72. The maximum atomic E-state index is 8.38. The monoisotopic (exact) mass is 277 g/mol. The van der Waals surface area contributed by atoms with Gasteiger partial charge in [-0.3, -0.25) is 4.68 Å². The first kappa shape index (κ1) is 10.7. The molecule has 2 aromatic rings. The highest BCUT2D eigenvalue weighted by Crippen LogP contribution is 2.29. The third kappa shape index (κ3) is 1.93. The van der Waals surface area contributed by atoms with E-state index in [-0.39, 0.29) is 0 Å². The van der Waals surface area contributed by atoms with Gasteiger partial charge < -0.3 is 0 Å². The smallest absolute Gasteiger partial charge is 0.0821 e. The number of hydrogen-bond donors (Lipinski definition) is 0. The number of halogens is 1. The van der Waals surface area contributed by atoms with Crippen LogP contribution in [-0.4, -0.2) is 9.78 Å². The molecule has 0 aliphatic carbocycles. The number of rotatable bonds is 2. The van der Waals surface area contributed by atoms with E-state index < -0.39 is 0 Å². The van der Waals surface area contributed by atoms with Gasteiger partial charge in [0.05, 0.1) is 16.4 Å². The predicted octanol–water partition coefficient (Wildman–Crippen LogP) is 3.79. The van der Waals surface area contributed by atoms with Crippen molar-refractivity contribution in [3.8, 4) is 11.3 Å². The second-order valence-electron chi connectivity index (χ2n) is 3.20. The third-order valence-electron chi connectivity index (χ3n) is 2.17. The first-order valence-electron chi connectivity index (χ1n) is 4.55. The van der Waals surface area contributed by atoms with Gasteiger partial charge in [-0.1, -0.05) is 23.3 Å². The van der Waals surface area contributed by atoms with Crippen LogP contribution < -0.4 is 0 Å². The minimum absolute atomic E-state index is 0.591. The van der Waals surface area contributed by atoms with Gasteiger partial charge in [0.15, 0.2) is 0 Å². The molecule has 1 heterocycles. The predicted molar refractivity (Wildman–Crippen MR) is 65.2 cm³/mol. The first-order valence-corrected chi connectivity index (χ1v) is 5.34. The van der Waals surface area contributed by atoms with Crippen LogP contribution in [0.2, 0.25) is 0 Å². The van der Waals surface area contributed by atoms with Gasteiger partial charge in [0.1, 0.15) is 0 Å². The van der Waals surface area contributed by atoms with Gasteiger partial charge in [0.2, 0.25) is 0 Å². The Labute approximate surface area is 100 Å². The summed E-state index contributed by atoms with van der Waals surface area (Å²) in [5.41, 5.74) is 10.9. The third-order valence-corrected chi connectivity index (χ3v) is 2.75. The van der Waals surface area contributed by atoms with E-state index in [1.54, 1.807) is 16.9 Å². The van der Waals surface area contributed by atoms with Crippen LogP contribution in [0.15, 0.2) is 40.0 Å². The van der Waals surface area contributed by atoms with Crippen LogP contribution in [0.25, 0.3) is 21.7 Å². The van der Waals surface area contributed by atoms with Crippen LogP contribution in [0.1, 0.15) is 0 Å². The maximum absolute atomic E-state index is 8.38. The van der Waals surface area contributed by atoms with Crippen molar-refractivity contribution in [1.82, 2.24) is 9.78 Å². The second-order valence-corrected chi connectivity index (χ2v) is 4.06. The molecule has 0 radical (unpaired) electrons. The minimum Gasteiger partial charge on any atom is -0.267 e. The molecule has 0 saturated heterocycles. The lowest BCUT2D eigenvalue weighted by Crippen LogP contribution is -1.93. The van der Waals surface area contributed by atoms with Crippen molar-refractivity contribution in [2.24, 2.45) is 12.2 Å². The Morgan fingerprint density at radius 1 is 1.50 bits per heavy atom. The fourth-order valence-electron chi connectivity index (χ4n) is 1.50. The van der Waals surface area contributed by atoms with Crippen molar-refractivity contribution in [2.45, 2.75) is 0 Å². The lowest BCUT2D eigenvalue weighted by atomic mass is 10.1. The summed E-state index contributed by atoms with van der Waals surface area (Å²) in [6.07, 6.45) is 1.73. The molecule has 0 aliphatic heterocycles. The highest BCUT2D eigenvalue weighted by molar-refractivity contribution is 9.10. The van der Waals surface area contributed by atoms with E-state index in [0.29, 0.717) is 5.69 Å². The summed E-state index contributed by atoms with van der Waals surface area (Å²) in [7, 11) is 1.86. The summed E-state index contributed by atoms with van der Waals surface area (Å²) in [4.78, 5) is 2.76. The highest BCUT2D eigenvalue weighted by atomic mass is 79.9. The molecule has 0 unspecified atom stereocenters. The Balaban J connectivity index is 2.56. The van der Waals surface area contributed by atoms with E-state index in [2.05, 4.69) is 31.1 Å². The van der Waals surface area contributed by atoms with Crippen molar-refractivity contribution in [3.63, 3.8) is 0 Å². The van der Waals surface area contributed by atoms with Gasteiger partial charge in [-0.05, 0) is 27.5 Å². The fourth-order valence-corrected chi connectivity index (χ4v) is 2.08. The molecule has 0 bridgehead atoms. The minimum atomic E-state index is 0.591. The molecule has 80 valence electrons. The Morgan fingerprint density at radius 3 is 2.94 bits per heavy atom. The maximum Gasteiger partial charge on any atom is 0.0821 e. The summed E-state index contributed by atoms with van der Waals surface area (Å²) < 4.78 is 2.67. The second kappa shape index (κ2) is 4.38. The molecule has 5 nitrogen and oxygen atoms in total. The van der Waals surface area contributed by atoms with Crippen LogP contribution in [-0.2, 0) is 7.05 Å². The molecule has 2 rings (SSSR count). The Bertz CT molecular complexity index is 549. The van der Waals surface area contributed by atoms with E-state index in [9.17, 15) is 0 Å². The number of hydrogen-bond acceptors (Lipinski definition) is 2. The molecule has 1 aromatic heterocycles. The van der Waals surface area contributed by atoms with Crippen LogP contribution in [0.3, 0.4) is 0 Å². The number of nitrogens with zero attached hydrogens (tertiary/aromatic N) is 5. The van der Waals surface area contributed by atoms with Gasteiger partial charge in [-0.15, -0.1) is 0 Å². The summed E-state index contributed by atoms with van der Waals surface area (Å²) in [5, 5.41) is 7.71. The molecule has 0 amide bonds. The molecule has 0 fully saturated rings. The van der Waals surface area contributed by atoms with Crippen molar-refractivity contribution in [1.29, 1.82) is 0 Å². The molecule has 0 N–H and O–H groups in total. The lowest BCUT2D eigenvalue weighted by molar-refractivity contribution is 0.776. The van der Waals surface area contributed by atoms with Gasteiger partial charge in [0, 0.05) is 23.2 Å². The van der Waals surface area contributed by atoms with E-state index in [4.69, 9.17) is 5.53 Å². The molecular weight excluding hydrogens is 270 g/mol. The molecule has 6 heteroatoms. The van der Waals surface area contributed by atoms with E-state index in [1.165, 1.54) is 0 Å². The zero-order valence-electron chi connectivity index (χ0n) is 8.50. The average molecular weight is 278 g/mol. The van der Waals surface area contributed by atoms with E-state index in [1.807, 2.05) is 25.2 Å². The fraction of sp³-hybridized carbons (Fsp3) is 0.100. The topological polar surface area (TPSA) is 66.6 Å². The number of azide groups is 1. The van der Waals surface area contributed by atoms with Gasteiger partial charge >= 0.3 is 0 Å². The number of aryl methyl sites for hydroxylation is 1. The molecule has 0 spiro atoms. The van der Waals surface area contributed by atoms with Crippen molar-refractivity contribution < 1.29 is 0 Å². The molecule has 0 atom stereocenters. The van der Waals surface area contributed by atoms with Crippen molar-refractivity contribution >= 4 is 21.6 Å². The molecular formula is C10H8BrN5. The average Bonchev–Trinajstić information content (AvgIpc) is 2.59. The Kier molecular flexibility index (Phi) is 2.94. The largest absolute Gasteiger partial charge is 0.267 e. The summed E-state index contributed by atoms with van der Waals surface area (Å²) in [6, 6.07) is 7.37. The zero-order valence-corrected chi connectivity index (χ0v) is 10.1. The normalized spacial score (nSPS) is 9.88. The summed E-state index contributed by atoms with van der Waals surface area (Å²) >= 11 is 3.43. The summed E-state index contributed by atoms with van der Waals surface area (Å²) in [6.45, 7) is 0. The highest BCUT2D eigenvalue weighted by Gasteiger charge is 2.08. The van der Waals surface area contributed by atoms with Crippen molar-refractivity contribution in [3.05, 3.63) is 45.4 Å². The SMILES string of the molecule is Cn1ncc(Br)c1-c1cccc(N=[N+]=[N-])c1. The van der Waals surface area contributed by atoms with Crippen LogP contribution in [0.4, 0.5) is 5.69 Å². The zero-order chi connectivity index (χ0) is 11.5. The number of benzene rings is 1.